The molecule has 1 N–H and O–H groups in total. The van der Waals surface area contributed by atoms with E-state index in [9.17, 15) is 8.42 Å². The fourth-order valence-corrected chi connectivity index (χ4v) is 3.46. The highest BCUT2D eigenvalue weighted by molar-refractivity contribution is 7.89. The number of rotatable bonds is 6. The molecule has 0 saturated heterocycles. The van der Waals surface area contributed by atoms with E-state index in [1.54, 1.807) is 18.3 Å². The third-order valence-corrected chi connectivity index (χ3v) is 4.99. The summed E-state index contributed by atoms with van der Waals surface area (Å²) in [6, 6.07) is 0.282. The lowest BCUT2D eigenvalue weighted by atomic mass is 10.5. The van der Waals surface area contributed by atoms with Gasteiger partial charge in [-0.05, 0) is 26.8 Å². The Morgan fingerprint density at radius 3 is 2.43 bits per heavy atom. The third kappa shape index (κ3) is 2.46. The Balaban J connectivity index is 2.70. The zero-order valence-electron chi connectivity index (χ0n) is 9.16. The van der Waals surface area contributed by atoms with Crippen molar-refractivity contribution in [2.45, 2.75) is 38.0 Å². The standard InChI is InChI=1S/C9H20N2O2S/c1-4-11(9-5-6-9)14(12,13)8(2)7-10-3/h8-10H,4-7H2,1-3H3. The Hall–Kier alpha value is -0.130. The van der Waals surface area contributed by atoms with Crippen molar-refractivity contribution in [3.05, 3.63) is 0 Å². The monoisotopic (exact) mass is 220 g/mol. The van der Waals surface area contributed by atoms with E-state index in [2.05, 4.69) is 5.32 Å². The van der Waals surface area contributed by atoms with E-state index in [1.807, 2.05) is 6.92 Å². The van der Waals surface area contributed by atoms with Gasteiger partial charge in [0.25, 0.3) is 0 Å². The first kappa shape index (κ1) is 11.9. The molecule has 0 aromatic rings. The first-order valence-electron chi connectivity index (χ1n) is 5.19. The molecule has 84 valence electrons. The highest BCUT2D eigenvalue weighted by atomic mass is 32.2. The minimum atomic E-state index is -3.08. The molecule has 0 heterocycles. The number of nitrogens with one attached hydrogen (secondary N) is 1. The summed E-state index contributed by atoms with van der Waals surface area (Å²) in [4.78, 5) is 0. The van der Waals surface area contributed by atoms with Gasteiger partial charge in [-0.3, -0.25) is 0 Å². The second kappa shape index (κ2) is 4.59. The van der Waals surface area contributed by atoms with E-state index in [4.69, 9.17) is 0 Å². The summed E-state index contributed by atoms with van der Waals surface area (Å²) < 4.78 is 25.7. The minimum absolute atomic E-state index is 0.282. The van der Waals surface area contributed by atoms with Crippen LogP contribution in [0.15, 0.2) is 0 Å². The SMILES string of the molecule is CCN(C1CC1)S(=O)(=O)C(C)CNC. The molecular formula is C9H20N2O2S. The number of hydrogen-bond acceptors (Lipinski definition) is 3. The summed E-state index contributed by atoms with van der Waals surface area (Å²) in [7, 11) is -1.30. The predicted octanol–water partition coefficient (Wildman–Crippen LogP) is 0.408. The molecular weight excluding hydrogens is 200 g/mol. The molecule has 0 spiro atoms. The molecule has 1 atom stereocenters. The lowest BCUT2D eigenvalue weighted by Gasteiger charge is -2.24. The zero-order valence-corrected chi connectivity index (χ0v) is 9.97. The average molecular weight is 220 g/mol. The fourth-order valence-electron chi connectivity index (χ4n) is 1.63. The molecule has 0 aliphatic heterocycles. The first-order chi connectivity index (χ1) is 6.54. The van der Waals surface area contributed by atoms with Gasteiger partial charge in [-0.1, -0.05) is 6.92 Å². The molecule has 0 amide bonds. The van der Waals surface area contributed by atoms with Gasteiger partial charge < -0.3 is 5.32 Å². The van der Waals surface area contributed by atoms with Crippen LogP contribution in [0.25, 0.3) is 0 Å². The summed E-state index contributed by atoms with van der Waals surface area (Å²) in [5, 5.41) is 2.58. The summed E-state index contributed by atoms with van der Waals surface area (Å²) in [6.07, 6.45) is 2.05. The van der Waals surface area contributed by atoms with E-state index < -0.39 is 10.0 Å². The molecule has 0 aromatic carbocycles. The minimum Gasteiger partial charge on any atom is -0.318 e. The summed E-state index contributed by atoms with van der Waals surface area (Å²) in [5.41, 5.74) is 0. The number of nitrogens with zero attached hydrogens (tertiary/aromatic N) is 1. The Morgan fingerprint density at radius 1 is 1.50 bits per heavy atom. The van der Waals surface area contributed by atoms with E-state index in [1.165, 1.54) is 0 Å². The fraction of sp³-hybridized carbons (Fsp3) is 1.00. The van der Waals surface area contributed by atoms with Crippen LogP contribution >= 0.6 is 0 Å². The molecule has 1 saturated carbocycles. The zero-order chi connectivity index (χ0) is 10.8. The quantitative estimate of drug-likeness (QED) is 0.705. The van der Waals surface area contributed by atoms with E-state index >= 15 is 0 Å². The van der Waals surface area contributed by atoms with Crippen LogP contribution in [-0.4, -0.2) is 44.2 Å². The molecule has 5 heteroatoms. The first-order valence-corrected chi connectivity index (χ1v) is 6.69. The maximum absolute atomic E-state index is 12.0. The molecule has 1 unspecified atom stereocenters. The van der Waals surface area contributed by atoms with Crippen LogP contribution in [0, 0.1) is 0 Å². The smallest absolute Gasteiger partial charge is 0.218 e. The number of sulfonamides is 1. The van der Waals surface area contributed by atoms with Gasteiger partial charge >= 0.3 is 0 Å². The van der Waals surface area contributed by atoms with E-state index in [-0.39, 0.29) is 11.3 Å². The van der Waals surface area contributed by atoms with Gasteiger partial charge in [0.15, 0.2) is 0 Å². The van der Waals surface area contributed by atoms with Crippen molar-refractivity contribution in [2.24, 2.45) is 0 Å². The maximum atomic E-state index is 12.0. The Bertz CT molecular complexity index is 273. The van der Waals surface area contributed by atoms with Crippen LogP contribution in [-0.2, 0) is 10.0 Å². The second-order valence-corrected chi connectivity index (χ2v) is 6.15. The maximum Gasteiger partial charge on any atom is 0.218 e. The van der Waals surface area contributed by atoms with Crippen LogP contribution in [0.1, 0.15) is 26.7 Å². The molecule has 14 heavy (non-hydrogen) atoms. The van der Waals surface area contributed by atoms with Crippen LogP contribution in [0.4, 0.5) is 0 Å². The molecule has 0 aromatic heterocycles. The van der Waals surface area contributed by atoms with Crippen molar-refractivity contribution in [2.75, 3.05) is 20.1 Å². The van der Waals surface area contributed by atoms with Gasteiger partial charge in [-0.2, -0.15) is 4.31 Å². The van der Waals surface area contributed by atoms with Gasteiger partial charge in [-0.15, -0.1) is 0 Å². The molecule has 4 nitrogen and oxygen atoms in total. The van der Waals surface area contributed by atoms with Gasteiger partial charge in [0.1, 0.15) is 0 Å². The van der Waals surface area contributed by atoms with Crippen LogP contribution in [0.5, 0.6) is 0 Å². The number of hydrogen-bond donors (Lipinski definition) is 1. The third-order valence-electron chi connectivity index (χ3n) is 2.59. The van der Waals surface area contributed by atoms with Crippen molar-refractivity contribution >= 4 is 10.0 Å². The molecule has 0 bridgehead atoms. The molecule has 1 aliphatic carbocycles. The molecule has 0 radical (unpaired) electrons. The van der Waals surface area contributed by atoms with E-state index in [0.717, 1.165) is 12.8 Å². The van der Waals surface area contributed by atoms with E-state index in [0.29, 0.717) is 13.1 Å². The van der Waals surface area contributed by atoms with Gasteiger partial charge in [-0.25, -0.2) is 8.42 Å². The highest BCUT2D eigenvalue weighted by Crippen LogP contribution is 2.30. The largest absolute Gasteiger partial charge is 0.318 e. The summed E-state index contributed by atoms with van der Waals surface area (Å²) >= 11 is 0. The summed E-state index contributed by atoms with van der Waals surface area (Å²) in [6.45, 7) is 4.78. The normalized spacial score (nSPS) is 20.0. The molecule has 1 aliphatic rings. The topological polar surface area (TPSA) is 49.4 Å². The molecule has 1 rings (SSSR count). The average Bonchev–Trinajstić information content (AvgIpc) is 2.89. The van der Waals surface area contributed by atoms with Crippen molar-refractivity contribution in [3.63, 3.8) is 0 Å². The van der Waals surface area contributed by atoms with Crippen molar-refractivity contribution in [3.8, 4) is 0 Å². The lowest BCUT2D eigenvalue weighted by molar-refractivity contribution is 0.412. The van der Waals surface area contributed by atoms with Gasteiger partial charge in [0.05, 0.1) is 5.25 Å². The second-order valence-electron chi connectivity index (χ2n) is 3.85. The lowest BCUT2D eigenvalue weighted by Crippen LogP contribution is -2.42. The van der Waals surface area contributed by atoms with Crippen LogP contribution < -0.4 is 5.32 Å². The Morgan fingerprint density at radius 2 is 2.07 bits per heavy atom. The Labute approximate surface area is 86.7 Å². The van der Waals surface area contributed by atoms with Crippen molar-refractivity contribution in [1.82, 2.24) is 9.62 Å². The van der Waals surface area contributed by atoms with Crippen molar-refractivity contribution < 1.29 is 8.42 Å². The highest BCUT2D eigenvalue weighted by Gasteiger charge is 2.38. The van der Waals surface area contributed by atoms with Crippen LogP contribution in [0.2, 0.25) is 0 Å². The van der Waals surface area contributed by atoms with Crippen molar-refractivity contribution in [1.29, 1.82) is 0 Å². The van der Waals surface area contributed by atoms with Gasteiger partial charge in [0.2, 0.25) is 10.0 Å². The summed E-state index contributed by atoms with van der Waals surface area (Å²) in [5.74, 6) is 0. The van der Waals surface area contributed by atoms with Crippen LogP contribution in [0.3, 0.4) is 0 Å². The molecule has 1 fully saturated rings. The Kier molecular flexibility index (Phi) is 3.92. The van der Waals surface area contributed by atoms with Gasteiger partial charge in [0, 0.05) is 19.1 Å². The predicted molar refractivity (Wildman–Crippen MR) is 57.7 cm³/mol.